The van der Waals surface area contributed by atoms with Crippen molar-refractivity contribution in [3.05, 3.63) is 54.0 Å². The van der Waals surface area contributed by atoms with Gasteiger partial charge in [0.2, 0.25) is 0 Å². The van der Waals surface area contributed by atoms with E-state index in [1.807, 2.05) is 48.2 Å². The van der Waals surface area contributed by atoms with Crippen molar-refractivity contribution in [3.8, 4) is 5.75 Å². The van der Waals surface area contributed by atoms with E-state index in [1.165, 1.54) is 5.56 Å². The number of carbonyl (C=O) groups is 1. The van der Waals surface area contributed by atoms with Crippen LogP contribution >= 0.6 is 0 Å². The fraction of sp³-hybridized carbons (Fsp3) is 0.353. The lowest BCUT2D eigenvalue weighted by Crippen LogP contribution is -2.32. The summed E-state index contributed by atoms with van der Waals surface area (Å²) < 4.78 is 11.0. The van der Waals surface area contributed by atoms with Gasteiger partial charge in [-0.25, -0.2) is 0 Å². The largest absolute Gasteiger partial charge is 0.484 e. The molecule has 1 amide bonds. The van der Waals surface area contributed by atoms with Crippen LogP contribution in [-0.2, 0) is 4.79 Å². The van der Waals surface area contributed by atoms with Crippen LogP contribution in [0.15, 0.2) is 47.1 Å². The molecule has 2 aromatic rings. The second kappa shape index (κ2) is 6.04. The van der Waals surface area contributed by atoms with Crippen LogP contribution in [0, 0.1) is 6.92 Å². The standard InChI is InChI=1S/C17H19NO3/c1-13-4-6-15(7-5-13)21-12-17(19)18-9-8-14(11-18)16-3-2-10-20-16/h2-7,10,14H,8-9,11-12H2,1H3. The Kier molecular flexibility index (Phi) is 3.95. The molecule has 0 N–H and O–H groups in total. The molecule has 110 valence electrons. The Labute approximate surface area is 124 Å². The predicted molar refractivity (Wildman–Crippen MR) is 79.3 cm³/mol. The van der Waals surface area contributed by atoms with Gasteiger partial charge in [0, 0.05) is 19.0 Å². The third-order valence-corrected chi connectivity index (χ3v) is 3.87. The monoisotopic (exact) mass is 285 g/mol. The van der Waals surface area contributed by atoms with E-state index < -0.39 is 0 Å². The maximum absolute atomic E-state index is 12.2. The highest BCUT2D eigenvalue weighted by atomic mass is 16.5. The van der Waals surface area contributed by atoms with Crippen molar-refractivity contribution in [1.29, 1.82) is 0 Å². The van der Waals surface area contributed by atoms with Gasteiger partial charge >= 0.3 is 0 Å². The zero-order chi connectivity index (χ0) is 14.7. The molecule has 1 aromatic carbocycles. The van der Waals surface area contributed by atoms with Crippen molar-refractivity contribution in [3.63, 3.8) is 0 Å². The Morgan fingerprint density at radius 2 is 2.14 bits per heavy atom. The highest BCUT2D eigenvalue weighted by Gasteiger charge is 2.28. The van der Waals surface area contributed by atoms with Crippen molar-refractivity contribution >= 4 is 5.91 Å². The minimum absolute atomic E-state index is 0.0321. The van der Waals surface area contributed by atoms with E-state index in [9.17, 15) is 4.79 Å². The van der Waals surface area contributed by atoms with E-state index in [4.69, 9.17) is 9.15 Å². The smallest absolute Gasteiger partial charge is 0.260 e. The van der Waals surface area contributed by atoms with Gasteiger partial charge in [0.25, 0.3) is 5.91 Å². The molecule has 0 radical (unpaired) electrons. The Hall–Kier alpha value is -2.23. The average molecular weight is 285 g/mol. The van der Waals surface area contributed by atoms with Crippen LogP contribution < -0.4 is 4.74 Å². The number of aryl methyl sites for hydroxylation is 1. The number of nitrogens with zero attached hydrogens (tertiary/aromatic N) is 1. The average Bonchev–Trinajstić information content (AvgIpc) is 3.17. The summed E-state index contributed by atoms with van der Waals surface area (Å²) >= 11 is 0. The summed E-state index contributed by atoms with van der Waals surface area (Å²) in [6.45, 7) is 3.59. The van der Waals surface area contributed by atoms with E-state index in [2.05, 4.69) is 0 Å². The zero-order valence-electron chi connectivity index (χ0n) is 12.1. The molecule has 0 saturated carbocycles. The number of benzene rings is 1. The van der Waals surface area contributed by atoms with Crippen LogP contribution in [0.3, 0.4) is 0 Å². The molecule has 2 heterocycles. The van der Waals surface area contributed by atoms with Crippen molar-refractivity contribution in [2.45, 2.75) is 19.3 Å². The minimum atomic E-state index is 0.0321. The molecule has 1 atom stereocenters. The molecule has 1 fully saturated rings. The van der Waals surface area contributed by atoms with Gasteiger partial charge in [-0.2, -0.15) is 0 Å². The van der Waals surface area contributed by atoms with Crippen LogP contribution in [-0.4, -0.2) is 30.5 Å². The maximum Gasteiger partial charge on any atom is 0.260 e. The Balaban J connectivity index is 1.51. The molecule has 1 aliphatic rings. The van der Waals surface area contributed by atoms with Crippen LogP contribution in [0.2, 0.25) is 0 Å². The molecule has 4 heteroatoms. The number of ether oxygens (including phenoxy) is 1. The summed E-state index contributed by atoms with van der Waals surface area (Å²) in [4.78, 5) is 14.0. The van der Waals surface area contributed by atoms with E-state index in [-0.39, 0.29) is 12.5 Å². The van der Waals surface area contributed by atoms with Gasteiger partial charge in [0.1, 0.15) is 11.5 Å². The summed E-state index contributed by atoms with van der Waals surface area (Å²) in [6.07, 6.45) is 2.63. The number of likely N-dealkylation sites (tertiary alicyclic amines) is 1. The quantitative estimate of drug-likeness (QED) is 0.867. The maximum atomic E-state index is 12.2. The van der Waals surface area contributed by atoms with Gasteiger partial charge < -0.3 is 14.1 Å². The van der Waals surface area contributed by atoms with Gasteiger partial charge in [-0.05, 0) is 37.6 Å². The molecule has 1 unspecified atom stereocenters. The molecule has 1 aromatic heterocycles. The molecule has 0 aliphatic carbocycles. The van der Waals surface area contributed by atoms with Gasteiger partial charge in [0.15, 0.2) is 6.61 Å². The lowest BCUT2D eigenvalue weighted by Gasteiger charge is -2.16. The molecule has 1 saturated heterocycles. The fourth-order valence-electron chi connectivity index (χ4n) is 2.61. The van der Waals surface area contributed by atoms with Crippen LogP contribution in [0.4, 0.5) is 0 Å². The van der Waals surface area contributed by atoms with E-state index in [0.29, 0.717) is 12.5 Å². The molecule has 3 rings (SSSR count). The summed E-state index contributed by atoms with van der Waals surface area (Å²) in [5.74, 6) is 2.04. The first-order valence-electron chi connectivity index (χ1n) is 7.23. The first-order chi connectivity index (χ1) is 10.2. The topological polar surface area (TPSA) is 42.7 Å². The van der Waals surface area contributed by atoms with Crippen molar-refractivity contribution in [1.82, 2.24) is 4.90 Å². The third kappa shape index (κ3) is 3.27. The van der Waals surface area contributed by atoms with E-state index in [1.54, 1.807) is 6.26 Å². The Morgan fingerprint density at radius 3 is 2.86 bits per heavy atom. The lowest BCUT2D eigenvalue weighted by molar-refractivity contribution is -0.132. The number of amides is 1. The van der Waals surface area contributed by atoms with Crippen molar-refractivity contribution in [2.24, 2.45) is 0 Å². The van der Waals surface area contributed by atoms with Gasteiger partial charge in [-0.3, -0.25) is 4.79 Å². The predicted octanol–water partition coefficient (Wildman–Crippen LogP) is 2.98. The van der Waals surface area contributed by atoms with Gasteiger partial charge in [-0.15, -0.1) is 0 Å². The first kappa shape index (κ1) is 13.7. The minimum Gasteiger partial charge on any atom is -0.484 e. The molecular weight excluding hydrogens is 266 g/mol. The summed E-state index contributed by atoms with van der Waals surface area (Å²) in [5.41, 5.74) is 1.18. The lowest BCUT2D eigenvalue weighted by atomic mass is 10.1. The van der Waals surface area contributed by atoms with Crippen LogP contribution in [0.1, 0.15) is 23.7 Å². The third-order valence-electron chi connectivity index (χ3n) is 3.87. The van der Waals surface area contributed by atoms with Crippen molar-refractivity contribution in [2.75, 3.05) is 19.7 Å². The molecule has 1 aliphatic heterocycles. The highest BCUT2D eigenvalue weighted by Crippen LogP contribution is 2.27. The number of hydrogen-bond acceptors (Lipinski definition) is 3. The summed E-state index contributed by atoms with van der Waals surface area (Å²) in [7, 11) is 0. The SMILES string of the molecule is Cc1ccc(OCC(=O)N2CCC(c3ccco3)C2)cc1. The molecule has 4 nitrogen and oxygen atoms in total. The number of carbonyl (C=O) groups excluding carboxylic acids is 1. The second-order valence-electron chi connectivity index (χ2n) is 5.44. The second-order valence-corrected chi connectivity index (χ2v) is 5.44. The number of furan rings is 1. The van der Waals surface area contributed by atoms with E-state index >= 15 is 0 Å². The highest BCUT2D eigenvalue weighted by molar-refractivity contribution is 5.78. The molecule has 21 heavy (non-hydrogen) atoms. The normalized spacial score (nSPS) is 18.0. The van der Waals surface area contributed by atoms with Crippen LogP contribution in [0.5, 0.6) is 5.75 Å². The van der Waals surface area contributed by atoms with Crippen molar-refractivity contribution < 1.29 is 13.9 Å². The van der Waals surface area contributed by atoms with Gasteiger partial charge in [0.05, 0.1) is 6.26 Å². The number of hydrogen-bond donors (Lipinski definition) is 0. The Morgan fingerprint density at radius 1 is 1.33 bits per heavy atom. The van der Waals surface area contributed by atoms with Crippen LogP contribution in [0.25, 0.3) is 0 Å². The summed E-state index contributed by atoms with van der Waals surface area (Å²) in [5, 5.41) is 0. The first-order valence-corrected chi connectivity index (χ1v) is 7.23. The Bertz CT molecular complexity index is 589. The fourth-order valence-corrected chi connectivity index (χ4v) is 2.61. The molecule has 0 spiro atoms. The number of rotatable bonds is 4. The molecular formula is C17H19NO3. The summed E-state index contributed by atoms with van der Waals surface area (Å²) in [6, 6.07) is 11.6. The van der Waals surface area contributed by atoms with E-state index in [0.717, 1.165) is 24.5 Å². The van der Waals surface area contributed by atoms with Gasteiger partial charge in [-0.1, -0.05) is 17.7 Å². The molecule has 0 bridgehead atoms. The zero-order valence-corrected chi connectivity index (χ0v) is 12.1.